The van der Waals surface area contributed by atoms with Gasteiger partial charge in [0.1, 0.15) is 5.75 Å². The van der Waals surface area contributed by atoms with E-state index >= 15 is 0 Å². The maximum Gasteiger partial charge on any atom is 0.239 e. The Kier molecular flexibility index (Phi) is 2.40. The van der Waals surface area contributed by atoms with E-state index < -0.39 is 0 Å². The van der Waals surface area contributed by atoms with Gasteiger partial charge >= 0.3 is 0 Å². The number of nitrogens with zero attached hydrogens (tertiary/aromatic N) is 1. The summed E-state index contributed by atoms with van der Waals surface area (Å²) < 4.78 is 5.11. The van der Waals surface area contributed by atoms with Gasteiger partial charge in [-0.15, -0.1) is 0 Å². The Hall–Kier alpha value is -1.90. The largest absolute Gasteiger partial charge is 0.485 e. The van der Waals surface area contributed by atoms with E-state index in [2.05, 4.69) is 4.98 Å². The Balaban J connectivity index is 2.36. The second-order valence-electron chi connectivity index (χ2n) is 2.79. The Labute approximate surface area is 81.3 Å². The highest BCUT2D eigenvalue weighted by Crippen LogP contribution is 2.18. The van der Waals surface area contributed by atoms with E-state index in [-0.39, 0.29) is 6.61 Å². The third-order valence-corrected chi connectivity index (χ3v) is 1.87. The fourth-order valence-electron chi connectivity index (χ4n) is 1.26. The van der Waals surface area contributed by atoms with Crippen LogP contribution in [-0.4, -0.2) is 17.9 Å². The van der Waals surface area contributed by atoms with E-state index in [1.54, 1.807) is 18.5 Å². The molecule has 1 aromatic heterocycles. The molecule has 0 saturated heterocycles. The van der Waals surface area contributed by atoms with Crippen molar-refractivity contribution in [1.82, 2.24) is 4.98 Å². The minimum atomic E-state index is -0.0359. The van der Waals surface area contributed by atoms with Gasteiger partial charge in [0.05, 0.1) is 5.52 Å². The monoisotopic (exact) mass is 186 g/mol. The quantitative estimate of drug-likeness (QED) is 0.732. The van der Waals surface area contributed by atoms with Crippen molar-refractivity contribution in [2.45, 2.75) is 0 Å². The van der Waals surface area contributed by atoms with Crippen LogP contribution in [0.15, 0.2) is 36.5 Å². The molecule has 0 unspecified atom stereocenters. The normalized spacial score (nSPS) is 10.0. The summed E-state index contributed by atoms with van der Waals surface area (Å²) in [5, 5.41) is 0.996. The van der Waals surface area contributed by atoms with Crippen molar-refractivity contribution >= 4 is 17.2 Å². The molecule has 0 bridgehead atoms. The van der Waals surface area contributed by atoms with Crippen LogP contribution in [-0.2, 0) is 4.79 Å². The van der Waals surface area contributed by atoms with Crippen LogP contribution in [0.2, 0.25) is 0 Å². The molecule has 0 fully saturated rings. The molecule has 2 aromatic rings. The molecule has 1 radical (unpaired) electrons. The zero-order valence-corrected chi connectivity index (χ0v) is 7.43. The zero-order valence-electron chi connectivity index (χ0n) is 7.43. The highest BCUT2D eigenvalue weighted by Gasteiger charge is 1.96. The summed E-state index contributed by atoms with van der Waals surface area (Å²) in [6.07, 6.45) is 3.41. The molecule has 1 heterocycles. The summed E-state index contributed by atoms with van der Waals surface area (Å²) in [6, 6.07) is 9.29. The zero-order chi connectivity index (χ0) is 9.80. The van der Waals surface area contributed by atoms with Crippen LogP contribution in [0, 0.1) is 0 Å². The Bertz CT molecular complexity index is 454. The van der Waals surface area contributed by atoms with Crippen LogP contribution < -0.4 is 4.74 Å². The van der Waals surface area contributed by atoms with Gasteiger partial charge in [-0.25, -0.2) is 0 Å². The first kappa shape index (κ1) is 8.69. The number of ether oxygens (including phenoxy) is 1. The summed E-state index contributed by atoms with van der Waals surface area (Å²) in [7, 11) is 0. The number of hydrogen-bond donors (Lipinski definition) is 0. The maximum absolute atomic E-state index is 9.98. The lowest BCUT2D eigenvalue weighted by Gasteiger charge is -2.02. The summed E-state index contributed by atoms with van der Waals surface area (Å²) in [4.78, 5) is 14.1. The van der Waals surface area contributed by atoms with Gasteiger partial charge in [-0.05, 0) is 24.3 Å². The fourth-order valence-corrected chi connectivity index (χ4v) is 1.26. The average Bonchev–Trinajstić information content (AvgIpc) is 2.26. The van der Waals surface area contributed by atoms with Gasteiger partial charge in [-0.3, -0.25) is 9.78 Å². The number of benzene rings is 1. The molecule has 0 aliphatic heterocycles. The number of hydrogen-bond acceptors (Lipinski definition) is 3. The van der Waals surface area contributed by atoms with Crippen LogP contribution in [0.3, 0.4) is 0 Å². The molecule has 0 N–H and O–H groups in total. The lowest BCUT2D eigenvalue weighted by atomic mass is 10.2. The van der Waals surface area contributed by atoms with E-state index in [1.165, 1.54) is 0 Å². The molecular formula is C11H8NO2. The topological polar surface area (TPSA) is 39.2 Å². The molecule has 0 atom stereocenters. The average molecular weight is 186 g/mol. The van der Waals surface area contributed by atoms with Gasteiger partial charge in [0.15, 0.2) is 6.61 Å². The van der Waals surface area contributed by atoms with Crippen molar-refractivity contribution in [1.29, 1.82) is 0 Å². The van der Waals surface area contributed by atoms with Crippen molar-refractivity contribution in [2.75, 3.05) is 6.61 Å². The fraction of sp³-hybridized carbons (Fsp3) is 0.0909. The number of aromatic nitrogens is 1. The predicted molar refractivity (Wildman–Crippen MR) is 52.9 cm³/mol. The van der Waals surface area contributed by atoms with Crippen molar-refractivity contribution < 1.29 is 9.53 Å². The summed E-state index contributed by atoms with van der Waals surface area (Å²) in [5.41, 5.74) is 0.912. The van der Waals surface area contributed by atoms with Gasteiger partial charge in [0.25, 0.3) is 0 Å². The molecule has 1 aromatic carbocycles. The first-order valence-corrected chi connectivity index (χ1v) is 4.23. The van der Waals surface area contributed by atoms with E-state index in [0.717, 1.165) is 10.9 Å². The highest BCUT2D eigenvalue weighted by atomic mass is 16.5. The molecule has 2 rings (SSSR count). The number of pyridine rings is 1. The highest BCUT2D eigenvalue weighted by molar-refractivity contribution is 5.79. The summed E-state index contributed by atoms with van der Waals surface area (Å²) in [6.45, 7) is -0.0359. The summed E-state index contributed by atoms with van der Waals surface area (Å²) in [5.74, 6) is 0.661. The predicted octanol–water partition coefficient (Wildman–Crippen LogP) is 1.72. The number of rotatable bonds is 3. The molecule has 0 amide bonds. The molecule has 0 aliphatic rings. The lowest BCUT2D eigenvalue weighted by Crippen LogP contribution is -1.97. The van der Waals surface area contributed by atoms with Crippen molar-refractivity contribution in [3.05, 3.63) is 36.5 Å². The maximum atomic E-state index is 9.98. The van der Waals surface area contributed by atoms with E-state index in [9.17, 15) is 4.79 Å². The third-order valence-electron chi connectivity index (χ3n) is 1.87. The van der Waals surface area contributed by atoms with Crippen molar-refractivity contribution in [2.24, 2.45) is 0 Å². The second kappa shape index (κ2) is 3.87. The lowest BCUT2D eigenvalue weighted by molar-refractivity contribution is 0.365. The van der Waals surface area contributed by atoms with Crippen LogP contribution >= 0.6 is 0 Å². The Morgan fingerprint density at radius 2 is 2.29 bits per heavy atom. The van der Waals surface area contributed by atoms with Gasteiger partial charge in [-0.1, -0.05) is 6.07 Å². The second-order valence-corrected chi connectivity index (χ2v) is 2.79. The molecule has 69 valence electrons. The molecule has 14 heavy (non-hydrogen) atoms. The molecule has 0 saturated carbocycles. The Morgan fingerprint density at radius 1 is 1.36 bits per heavy atom. The summed E-state index contributed by atoms with van der Waals surface area (Å²) >= 11 is 0. The minimum absolute atomic E-state index is 0.0359. The minimum Gasteiger partial charge on any atom is -0.485 e. The SMILES string of the molecule is O=[C]COc1ccc2ncccc2c1. The van der Waals surface area contributed by atoms with E-state index in [1.807, 2.05) is 24.3 Å². The van der Waals surface area contributed by atoms with Crippen LogP contribution in [0.5, 0.6) is 5.75 Å². The van der Waals surface area contributed by atoms with E-state index in [4.69, 9.17) is 4.74 Å². The van der Waals surface area contributed by atoms with Gasteiger partial charge in [0.2, 0.25) is 6.29 Å². The molecule has 3 nitrogen and oxygen atoms in total. The smallest absolute Gasteiger partial charge is 0.239 e. The molecule has 3 heteroatoms. The van der Waals surface area contributed by atoms with Crippen molar-refractivity contribution in [3.8, 4) is 5.75 Å². The van der Waals surface area contributed by atoms with Crippen LogP contribution in [0.25, 0.3) is 10.9 Å². The third kappa shape index (κ3) is 1.71. The van der Waals surface area contributed by atoms with Gasteiger partial charge in [-0.2, -0.15) is 0 Å². The van der Waals surface area contributed by atoms with E-state index in [0.29, 0.717) is 5.75 Å². The molecule has 0 aliphatic carbocycles. The van der Waals surface area contributed by atoms with Gasteiger partial charge < -0.3 is 4.74 Å². The first-order chi connectivity index (χ1) is 6.90. The number of fused-ring (bicyclic) bond motifs is 1. The van der Waals surface area contributed by atoms with Crippen LogP contribution in [0.4, 0.5) is 0 Å². The van der Waals surface area contributed by atoms with Crippen LogP contribution in [0.1, 0.15) is 0 Å². The van der Waals surface area contributed by atoms with Gasteiger partial charge in [0, 0.05) is 11.6 Å². The first-order valence-electron chi connectivity index (χ1n) is 4.23. The standard InChI is InChI=1S/C11H8NO2/c13-6-7-14-10-3-4-11-9(8-10)2-1-5-12-11/h1-5,8H,7H2. The van der Waals surface area contributed by atoms with Crippen molar-refractivity contribution in [3.63, 3.8) is 0 Å². The Morgan fingerprint density at radius 3 is 3.14 bits per heavy atom. The molecular weight excluding hydrogens is 178 g/mol. The number of carbonyl (C=O) groups excluding carboxylic acids is 1. The molecule has 0 spiro atoms.